The van der Waals surface area contributed by atoms with Crippen molar-refractivity contribution in [2.45, 2.75) is 18.3 Å². The highest BCUT2D eigenvalue weighted by atomic mass is 79.9. The molecule has 23 heavy (non-hydrogen) atoms. The number of hydrogen-bond donors (Lipinski definition) is 1. The number of hydrogen-bond acceptors (Lipinski definition) is 4. The number of anilines is 1. The Kier molecular flexibility index (Phi) is 3.06. The first-order valence-corrected chi connectivity index (χ1v) is 8.00. The Balaban J connectivity index is 1.80. The van der Waals surface area contributed by atoms with Crippen molar-refractivity contribution < 1.29 is 14.3 Å². The number of carbonyl (C=O) groups excluding carboxylic acids is 2. The smallest absolute Gasteiger partial charge is 0.337 e. The number of nitrogens with zero attached hydrogens (tertiary/aromatic N) is 1. The number of amides is 1. The third-order valence-electron chi connectivity index (χ3n) is 4.65. The van der Waals surface area contributed by atoms with Crippen molar-refractivity contribution in [3.05, 3.63) is 57.2 Å². The number of esters is 1. The lowest BCUT2D eigenvalue weighted by Gasteiger charge is -2.20. The van der Waals surface area contributed by atoms with Crippen LogP contribution in [0.5, 0.6) is 0 Å². The molecule has 0 bridgehead atoms. The zero-order valence-electron chi connectivity index (χ0n) is 12.4. The molecule has 1 aliphatic heterocycles. The van der Waals surface area contributed by atoms with E-state index in [0.29, 0.717) is 24.2 Å². The van der Waals surface area contributed by atoms with Gasteiger partial charge in [-0.15, -0.1) is 0 Å². The van der Waals surface area contributed by atoms with E-state index in [1.165, 1.54) is 7.11 Å². The monoisotopic (exact) mass is 372 g/mol. The van der Waals surface area contributed by atoms with E-state index in [1.807, 2.05) is 18.2 Å². The van der Waals surface area contributed by atoms with Gasteiger partial charge < -0.3 is 10.1 Å². The van der Waals surface area contributed by atoms with Gasteiger partial charge in [-0.1, -0.05) is 6.07 Å². The molecule has 1 aromatic carbocycles. The lowest BCUT2D eigenvalue weighted by atomic mass is 9.79. The molecule has 0 fully saturated rings. The Labute approximate surface area is 141 Å². The summed E-state index contributed by atoms with van der Waals surface area (Å²) < 4.78 is 5.62. The fraction of sp³-hybridized carbons (Fsp3) is 0.235. The summed E-state index contributed by atoms with van der Waals surface area (Å²) in [5.74, 6) is 0.225. The van der Waals surface area contributed by atoms with Gasteiger partial charge in [-0.3, -0.25) is 4.79 Å². The summed E-state index contributed by atoms with van der Waals surface area (Å²) in [5.41, 5.74) is 2.88. The van der Waals surface area contributed by atoms with Crippen LogP contribution in [-0.4, -0.2) is 24.0 Å². The van der Waals surface area contributed by atoms with E-state index in [-0.39, 0.29) is 11.9 Å². The number of fused-ring (bicyclic) bond motifs is 3. The Morgan fingerprint density at radius 3 is 2.87 bits per heavy atom. The molecule has 1 amide bonds. The first kappa shape index (κ1) is 14.4. The van der Waals surface area contributed by atoms with Gasteiger partial charge in [-0.2, -0.15) is 0 Å². The largest absolute Gasteiger partial charge is 0.465 e. The zero-order valence-corrected chi connectivity index (χ0v) is 13.9. The second-order valence-electron chi connectivity index (χ2n) is 5.91. The van der Waals surface area contributed by atoms with E-state index in [1.54, 1.807) is 12.3 Å². The Morgan fingerprint density at radius 2 is 2.09 bits per heavy atom. The summed E-state index contributed by atoms with van der Waals surface area (Å²) in [4.78, 5) is 28.7. The van der Waals surface area contributed by atoms with E-state index >= 15 is 0 Å². The molecule has 0 saturated carbocycles. The van der Waals surface area contributed by atoms with Gasteiger partial charge in [0.2, 0.25) is 5.91 Å². The second kappa shape index (κ2) is 4.89. The number of halogens is 1. The molecule has 2 aromatic rings. The molecule has 1 N–H and O–H groups in total. The van der Waals surface area contributed by atoms with Crippen LogP contribution in [0.25, 0.3) is 0 Å². The average Bonchev–Trinajstić information content (AvgIpc) is 3.06. The number of rotatable bonds is 1. The molecule has 6 heteroatoms. The molecular weight excluding hydrogens is 360 g/mol. The molecule has 2 aliphatic rings. The van der Waals surface area contributed by atoms with E-state index in [0.717, 1.165) is 21.2 Å². The van der Waals surface area contributed by atoms with Gasteiger partial charge in [0, 0.05) is 16.2 Å². The number of nitrogens with one attached hydrogen (secondary N) is 1. The van der Waals surface area contributed by atoms with Crippen LogP contribution < -0.4 is 5.32 Å². The molecule has 1 aliphatic carbocycles. The van der Waals surface area contributed by atoms with Gasteiger partial charge in [-0.05, 0) is 58.1 Å². The standard InChI is InChI=1S/C17H13BrN2O3/c1-23-15(21)9-2-3-10-6-17(7-11(10)4-9)13-5-12(18)8-19-14(13)20-16(17)22/h2-5,8H,6-7H2,1H3,(H,19,20,22)/t17-/m0/s1. The third kappa shape index (κ3) is 2.01. The number of ether oxygens (including phenoxy) is 1. The predicted octanol–water partition coefficient (Wildman–Crippen LogP) is 2.62. The number of aromatic nitrogens is 1. The molecule has 5 nitrogen and oxygen atoms in total. The van der Waals surface area contributed by atoms with Crippen molar-refractivity contribution in [3.63, 3.8) is 0 Å². The maximum absolute atomic E-state index is 12.7. The van der Waals surface area contributed by atoms with Crippen LogP contribution in [0.15, 0.2) is 34.9 Å². The average molecular weight is 373 g/mol. The van der Waals surface area contributed by atoms with Crippen LogP contribution in [0.1, 0.15) is 27.0 Å². The van der Waals surface area contributed by atoms with Crippen LogP contribution in [0.4, 0.5) is 5.82 Å². The maximum Gasteiger partial charge on any atom is 0.337 e. The highest BCUT2D eigenvalue weighted by Crippen LogP contribution is 2.47. The van der Waals surface area contributed by atoms with Crippen LogP contribution in [-0.2, 0) is 27.8 Å². The lowest BCUT2D eigenvalue weighted by molar-refractivity contribution is -0.120. The molecule has 116 valence electrons. The Bertz CT molecular complexity index is 865. The van der Waals surface area contributed by atoms with Crippen molar-refractivity contribution in [2.24, 2.45) is 0 Å². The molecule has 1 atom stereocenters. The highest BCUT2D eigenvalue weighted by molar-refractivity contribution is 9.10. The zero-order chi connectivity index (χ0) is 16.2. The van der Waals surface area contributed by atoms with Crippen molar-refractivity contribution in [2.75, 3.05) is 12.4 Å². The predicted molar refractivity (Wildman–Crippen MR) is 87.4 cm³/mol. The molecular formula is C17H13BrN2O3. The minimum absolute atomic E-state index is 0.0334. The number of methoxy groups -OCH3 is 1. The lowest BCUT2D eigenvalue weighted by Crippen LogP contribution is -2.35. The fourth-order valence-electron chi connectivity index (χ4n) is 3.52. The molecule has 0 radical (unpaired) electrons. The first-order valence-electron chi connectivity index (χ1n) is 7.21. The van der Waals surface area contributed by atoms with Crippen LogP contribution in [0.2, 0.25) is 0 Å². The molecule has 4 rings (SSSR count). The SMILES string of the molecule is COC(=O)c1ccc2c(c1)C[C@]1(C2)C(=O)Nc2ncc(Br)cc21. The summed E-state index contributed by atoms with van der Waals surface area (Å²) in [7, 11) is 1.36. The van der Waals surface area contributed by atoms with E-state index in [2.05, 4.69) is 26.2 Å². The molecule has 0 unspecified atom stereocenters. The highest BCUT2D eigenvalue weighted by Gasteiger charge is 2.51. The van der Waals surface area contributed by atoms with E-state index < -0.39 is 5.41 Å². The van der Waals surface area contributed by atoms with Gasteiger partial charge in [-0.25, -0.2) is 9.78 Å². The van der Waals surface area contributed by atoms with Crippen LogP contribution >= 0.6 is 15.9 Å². The Hall–Kier alpha value is -2.21. The third-order valence-corrected chi connectivity index (χ3v) is 5.08. The fourth-order valence-corrected chi connectivity index (χ4v) is 3.86. The normalized spacial score (nSPS) is 21.0. The summed E-state index contributed by atoms with van der Waals surface area (Å²) in [6, 6.07) is 7.43. The molecule has 1 spiro atoms. The minimum Gasteiger partial charge on any atom is -0.465 e. The summed E-state index contributed by atoms with van der Waals surface area (Å²) in [6.45, 7) is 0. The summed E-state index contributed by atoms with van der Waals surface area (Å²) in [5, 5.41) is 2.88. The second-order valence-corrected chi connectivity index (χ2v) is 6.83. The first-order chi connectivity index (χ1) is 11.0. The van der Waals surface area contributed by atoms with Crippen LogP contribution in [0, 0.1) is 0 Å². The van der Waals surface area contributed by atoms with Gasteiger partial charge >= 0.3 is 5.97 Å². The van der Waals surface area contributed by atoms with Gasteiger partial charge in [0.05, 0.1) is 18.1 Å². The summed E-state index contributed by atoms with van der Waals surface area (Å²) in [6.07, 6.45) is 2.85. The van der Waals surface area contributed by atoms with Gasteiger partial charge in [0.1, 0.15) is 5.82 Å². The van der Waals surface area contributed by atoms with Gasteiger partial charge in [0.15, 0.2) is 0 Å². The number of benzene rings is 1. The van der Waals surface area contributed by atoms with Crippen molar-refractivity contribution in [1.82, 2.24) is 4.98 Å². The summed E-state index contributed by atoms with van der Waals surface area (Å²) >= 11 is 3.43. The molecule has 0 saturated heterocycles. The minimum atomic E-state index is -0.636. The number of carbonyl (C=O) groups is 2. The van der Waals surface area contributed by atoms with Crippen LogP contribution in [0.3, 0.4) is 0 Å². The molecule has 2 heterocycles. The maximum atomic E-state index is 12.7. The van der Waals surface area contributed by atoms with Crippen molar-refractivity contribution in [1.29, 1.82) is 0 Å². The van der Waals surface area contributed by atoms with E-state index in [9.17, 15) is 9.59 Å². The van der Waals surface area contributed by atoms with Crippen molar-refractivity contribution >= 4 is 33.6 Å². The van der Waals surface area contributed by atoms with Crippen molar-refractivity contribution in [3.8, 4) is 0 Å². The quantitative estimate of drug-likeness (QED) is 0.781. The van der Waals surface area contributed by atoms with Gasteiger partial charge in [0.25, 0.3) is 0 Å². The Morgan fingerprint density at radius 1 is 1.30 bits per heavy atom. The van der Waals surface area contributed by atoms with E-state index in [4.69, 9.17) is 4.74 Å². The molecule has 1 aromatic heterocycles. The topological polar surface area (TPSA) is 68.3 Å². The number of pyridine rings is 1.